The summed E-state index contributed by atoms with van der Waals surface area (Å²) in [6.07, 6.45) is 2.28. The van der Waals surface area contributed by atoms with Crippen LogP contribution in [0.25, 0.3) is 11.0 Å². The van der Waals surface area contributed by atoms with Crippen molar-refractivity contribution in [2.45, 2.75) is 32.7 Å². The number of H-pyrrole nitrogens is 1. The van der Waals surface area contributed by atoms with Crippen LogP contribution < -0.4 is 10.3 Å². The summed E-state index contributed by atoms with van der Waals surface area (Å²) in [5, 5.41) is 5.16. The summed E-state index contributed by atoms with van der Waals surface area (Å²) in [7, 11) is 0. The number of nitrogens with one attached hydrogen (secondary N) is 1. The van der Waals surface area contributed by atoms with E-state index in [9.17, 15) is 4.79 Å². The Bertz CT molecular complexity index is 1110. The molecule has 0 atom stereocenters. The van der Waals surface area contributed by atoms with Gasteiger partial charge in [-0.2, -0.15) is 5.10 Å². The molecule has 0 aliphatic carbocycles. The number of rotatable bonds is 9. The van der Waals surface area contributed by atoms with E-state index in [4.69, 9.17) is 14.5 Å². The second kappa shape index (κ2) is 10.1. The van der Waals surface area contributed by atoms with Crippen LogP contribution in [0.4, 0.5) is 0 Å². The fraction of sp³-hybridized carbons (Fsp3) is 0.458. The van der Waals surface area contributed by atoms with E-state index >= 15 is 0 Å². The maximum Gasteiger partial charge on any atom is 0.262 e. The molecule has 1 saturated heterocycles. The lowest BCUT2D eigenvalue weighted by molar-refractivity contribution is 0.0322. The number of hydrogen-bond donors (Lipinski definition) is 1. The van der Waals surface area contributed by atoms with Crippen molar-refractivity contribution in [1.29, 1.82) is 0 Å². The zero-order valence-corrected chi connectivity index (χ0v) is 18.8. The molecule has 0 saturated carbocycles. The van der Waals surface area contributed by atoms with Crippen LogP contribution in [-0.4, -0.2) is 64.1 Å². The topological polar surface area (TPSA) is 85.3 Å². The third-order valence-corrected chi connectivity index (χ3v) is 5.60. The first kappa shape index (κ1) is 22.2. The molecular formula is C24H31N5O3. The summed E-state index contributed by atoms with van der Waals surface area (Å²) >= 11 is 0. The smallest absolute Gasteiger partial charge is 0.262 e. The van der Waals surface area contributed by atoms with Crippen LogP contribution in [-0.2, 0) is 17.7 Å². The molecule has 0 unspecified atom stereocenters. The fourth-order valence-electron chi connectivity index (χ4n) is 3.90. The summed E-state index contributed by atoms with van der Waals surface area (Å²) < 4.78 is 13.0. The molecule has 0 spiro atoms. The van der Waals surface area contributed by atoms with Crippen molar-refractivity contribution in [2.24, 2.45) is 0 Å². The molecule has 0 amide bonds. The van der Waals surface area contributed by atoms with Crippen molar-refractivity contribution in [1.82, 2.24) is 24.6 Å². The lowest BCUT2D eigenvalue weighted by Gasteiger charge is -2.26. The van der Waals surface area contributed by atoms with Crippen LogP contribution in [0.5, 0.6) is 5.75 Å². The molecule has 1 aromatic carbocycles. The Morgan fingerprint density at radius 2 is 2.00 bits per heavy atom. The molecular weight excluding hydrogens is 406 g/mol. The first-order valence-corrected chi connectivity index (χ1v) is 11.2. The van der Waals surface area contributed by atoms with Gasteiger partial charge in [0.2, 0.25) is 0 Å². The van der Waals surface area contributed by atoms with Crippen LogP contribution in [0.2, 0.25) is 0 Å². The number of aromatic amines is 1. The van der Waals surface area contributed by atoms with Crippen LogP contribution in [0, 0.1) is 0 Å². The number of allylic oxidation sites excluding steroid dienone is 1. The lowest BCUT2D eigenvalue weighted by Crippen LogP contribution is -2.38. The van der Waals surface area contributed by atoms with Gasteiger partial charge in [0, 0.05) is 26.1 Å². The van der Waals surface area contributed by atoms with Gasteiger partial charge in [-0.05, 0) is 23.6 Å². The van der Waals surface area contributed by atoms with Crippen molar-refractivity contribution < 1.29 is 9.47 Å². The van der Waals surface area contributed by atoms with E-state index in [2.05, 4.69) is 21.6 Å². The molecule has 32 heavy (non-hydrogen) atoms. The Balaban J connectivity index is 1.45. The largest absolute Gasteiger partial charge is 0.492 e. The average molecular weight is 438 g/mol. The minimum atomic E-state index is -0.146. The SMILES string of the molecule is C=CCn1nc(C(C)C)c2c(=O)[nH]c(Cc3ccc(OCCN4CCOCC4)cc3)nc21. The highest BCUT2D eigenvalue weighted by Crippen LogP contribution is 2.21. The maximum atomic E-state index is 12.8. The number of fused-ring (bicyclic) bond motifs is 1. The second-order valence-electron chi connectivity index (χ2n) is 8.35. The Morgan fingerprint density at radius 1 is 1.25 bits per heavy atom. The number of nitrogens with zero attached hydrogens (tertiary/aromatic N) is 4. The molecule has 3 aromatic rings. The second-order valence-corrected chi connectivity index (χ2v) is 8.35. The van der Waals surface area contributed by atoms with Crippen LogP contribution >= 0.6 is 0 Å². The van der Waals surface area contributed by atoms with Gasteiger partial charge in [0.25, 0.3) is 5.56 Å². The highest BCUT2D eigenvalue weighted by Gasteiger charge is 2.18. The van der Waals surface area contributed by atoms with Gasteiger partial charge in [0.1, 0.15) is 23.6 Å². The molecule has 1 N–H and O–H groups in total. The van der Waals surface area contributed by atoms with Crippen LogP contribution in [0.3, 0.4) is 0 Å². The van der Waals surface area contributed by atoms with Gasteiger partial charge in [-0.1, -0.05) is 32.1 Å². The Labute approximate surface area is 187 Å². The van der Waals surface area contributed by atoms with E-state index in [1.807, 2.05) is 38.1 Å². The van der Waals surface area contributed by atoms with Gasteiger partial charge < -0.3 is 14.5 Å². The summed E-state index contributed by atoms with van der Waals surface area (Å²) in [6, 6.07) is 7.94. The van der Waals surface area contributed by atoms with Crippen LogP contribution in [0.1, 0.15) is 36.8 Å². The monoisotopic (exact) mass is 437 g/mol. The molecule has 4 rings (SSSR count). The predicted octanol–water partition coefficient (Wildman–Crippen LogP) is 2.73. The summed E-state index contributed by atoms with van der Waals surface area (Å²) in [4.78, 5) is 22.8. The van der Waals surface area contributed by atoms with Gasteiger partial charge in [-0.3, -0.25) is 9.69 Å². The quantitative estimate of drug-likeness (QED) is 0.518. The number of morpholine rings is 1. The first-order valence-electron chi connectivity index (χ1n) is 11.2. The molecule has 1 aliphatic rings. The minimum absolute atomic E-state index is 0.133. The number of hydrogen-bond acceptors (Lipinski definition) is 6. The molecule has 0 radical (unpaired) electrons. The standard InChI is InChI=1S/C24H31N5O3/c1-4-9-29-23-21(22(27-29)17(2)3)24(30)26-20(25-23)16-18-5-7-19(8-6-18)32-15-12-28-10-13-31-14-11-28/h4-8,17H,1,9-16H2,2-3H3,(H,25,26,30). The van der Waals surface area contributed by atoms with Gasteiger partial charge in [-0.25, -0.2) is 9.67 Å². The molecule has 0 bridgehead atoms. The maximum absolute atomic E-state index is 12.8. The summed E-state index contributed by atoms with van der Waals surface area (Å²) in [5.74, 6) is 1.58. The fourth-order valence-corrected chi connectivity index (χ4v) is 3.90. The van der Waals surface area contributed by atoms with Gasteiger partial charge in [0.05, 0.1) is 25.5 Å². The normalized spacial score (nSPS) is 14.8. The van der Waals surface area contributed by atoms with Gasteiger partial charge in [-0.15, -0.1) is 6.58 Å². The van der Waals surface area contributed by atoms with E-state index in [0.29, 0.717) is 36.4 Å². The van der Waals surface area contributed by atoms with Gasteiger partial charge >= 0.3 is 0 Å². The molecule has 8 heteroatoms. The molecule has 3 heterocycles. The molecule has 1 aliphatic heterocycles. The van der Waals surface area contributed by atoms with Crippen molar-refractivity contribution in [2.75, 3.05) is 39.5 Å². The third kappa shape index (κ3) is 5.08. The number of aromatic nitrogens is 4. The van der Waals surface area contributed by atoms with E-state index in [-0.39, 0.29) is 11.5 Å². The third-order valence-electron chi connectivity index (χ3n) is 5.60. The molecule has 1 fully saturated rings. The Kier molecular flexibility index (Phi) is 7.02. The summed E-state index contributed by atoms with van der Waals surface area (Å²) in [5.41, 5.74) is 2.27. The van der Waals surface area contributed by atoms with E-state index < -0.39 is 0 Å². The molecule has 8 nitrogen and oxygen atoms in total. The van der Waals surface area contributed by atoms with E-state index in [1.54, 1.807) is 10.8 Å². The lowest BCUT2D eigenvalue weighted by atomic mass is 10.1. The molecule has 2 aromatic heterocycles. The van der Waals surface area contributed by atoms with E-state index in [0.717, 1.165) is 49.9 Å². The Morgan fingerprint density at radius 3 is 2.69 bits per heavy atom. The zero-order valence-electron chi connectivity index (χ0n) is 18.8. The predicted molar refractivity (Wildman–Crippen MR) is 124 cm³/mol. The first-order chi connectivity index (χ1) is 15.5. The summed E-state index contributed by atoms with van der Waals surface area (Å²) in [6.45, 7) is 13.4. The highest BCUT2D eigenvalue weighted by molar-refractivity contribution is 5.78. The molecule has 170 valence electrons. The Hall–Kier alpha value is -2.97. The van der Waals surface area contributed by atoms with Crippen LogP contribution in [0.15, 0.2) is 41.7 Å². The van der Waals surface area contributed by atoms with Crippen molar-refractivity contribution in [3.05, 3.63) is 64.4 Å². The van der Waals surface area contributed by atoms with E-state index in [1.165, 1.54) is 0 Å². The van der Waals surface area contributed by atoms with Crippen molar-refractivity contribution in [3.8, 4) is 5.75 Å². The van der Waals surface area contributed by atoms with Crippen molar-refractivity contribution >= 4 is 11.0 Å². The zero-order chi connectivity index (χ0) is 22.5. The highest BCUT2D eigenvalue weighted by atomic mass is 16.5. The minimum Gasteiger partial charge on any atom is -0.492 e. The number of ether oxygens (including phenoxy) is 2. The average Bonchev–Trinajstić information content (AvgIpc) is 3.15. The van der Waals surface area contributed by atoms with Crippen molar-refractivity contribution in [3.63, 3.8) is 0 Å². The number of benzene rings is 1. The van der Waals surface area contributed by atoms with Gasteiger partial charge in [0.15, 0.2) is 5.65 Å².